The molecular formula is C13H27N3O. The number of nitrogens with one attached hydrogen (secondary N) is 1. The maximum absolute atomic E-state index is 5.77. The second-order valence-electron chi connectivity index (χ2n) is 5.98. The van der Waals surface area contributed by atoms with Crippen LogP contribution in [0.25, 0.3) is 0 Å². The average molecular weight is 241 g/mol. The number of ether oxygens (including phenoxy) is 1. The van der Waals surface area contributed by atoms with Crippen LogP contribution in [0.2, 0.25) is 0 Å². The van der Waals surface area contributed by atoms with Gasteiger partial charge in [-0.25, -0.2) is 0 Å². The summed E-state index contributed by atoms with van der Waals surface area (Å²) < 4.78 is 5.77. The van der Waals surface area contributed by atoms with Crippen molar-refractivity contribution in [3.05, 3.63) is 0 Å². The van der Waals surface area contributed by atoms with E-state index in [1.165, 1.54) is 19.6 Å². The normalized spacial score (nSPS) is 29.1. The fourth-order valence-electron chi connectivity index (χ4n) is 2.81. The molecule has 4 nitrogen and oxygen atoms in total. The van der Waals surface area contributed by atoms with Gasteiger partial charge in [-0.1, -0.05) is 0 Å². The molecule has 0 aromatic heterocycles. The molecule has 2 fully saturated rings. The molecule has 0 radical (unpaired) electrons. The van der Waals surface area contributed by atoms with Crippen molar-refractivity contribution >= 4 is 0 Å². The highest BCUT2D eigenvalue weighted by molar-refractivity contribution is 4.84. The van der Waals surface area contributed by atoms with Crippen molar-refractivity contribution in [3.8, 4) is 0 Å². The van der Waals surface area contributed by atoms with Gasteiger partial charge in [0.25, 0.3) is 0 Å². The zero-order valence-electron chi connectivity index (χ0n) is 11.5. The summed E-state index contributed by atoms with van der Waals surface area (Å²) >= 11 is 0. The predicted molar refractivity (Wildman–Crippen MR) is 70.4 cm³/mol. The van der Waals surface area contributed by atoms with Gasteiger partial charge in [-0.15, -0.1) is 0 Å². The second-order valence-corrected chi connectivity index (χ2v) is 5.98. The van der Waals surface area contributed by atoms with Crippen LogP contribution in [0.1, 0.15) is 20.8 Å². The molecule has 1 atom stereocenters. The minimum Gasteiger partial charge on any atom is -0.373 e. The van der Waals surface area contributed by atoms with Crippen LogP contribution in [0, 0.1) is 0 Å². The standard InChI is InChI=1S/C13H27N3O/c1-12(10-15-6-4-14-5-7-15)16-8-9-17-13(2,3)11-16/h12,14H,4-11H2,1-3H3. The third kappa shape index (κ3) is 3.91. The molecule has 4 heteroatoms. The minimum absolute atomic E-state index is 0.0238. The first-order valence-corrected chi connectivity index (χ1v) is 6.88. The van der Waals surface area contributed by atoms with Gasteiger partial charge in [0.2, 0.25) is 0 Å². The van der Waals surface area contributed by atoms with Gasteiger partial charge in [0.1, 0.15) is 0 Å². The number of nitrogens with zero attached hydrogens (tertiary/aromatic N) is 2. The van der Waals surface area contributed by atoms with Gasteiger partial charge in [0.05, 0.1) is 12.2 Å². The van der Waals surface area contributed by atoms with Gasteiger partial charge in [0.15, 0.2) is 0 Å². The van der Waals surface area contributed by atoms with E-state index in [4.69, 9.17) is 4.74 Å². The zero-order valence-corrected chi connectivity index (χ0v) is 11.5. The number of rotatable bonds is 3. The minimum atomic E-state index is 0.0238. The van der Waals surface area contributed by atoms with Crippen LogP contribution in [-0.4, -0.2) is 73.9 Å². The smallest absolute Gasteiger partial charge is 0.0753 e. The molecule has 1 unspecified atom stereocenters. The molecule has 0 bridgehead atoms. The molecule has 0 saturated carbocycles. The number of morpholine rings is 1. The first kappa shape index (κ1) is 13.3. The number of hydrogen-bond donors (Lipinski definition) is 1. The lowest BCUT2D eigenvalue weighted by molar-refractivity contribution is -0.0977. The summed E-state index contributed by atoms with van der Waals surface area (Å²) in [7, 11) is 0. The van der Waals surface area contributed by atoms with Crippen LogP contribution in [-0.2, 0) is 4.74 Å². The Morgan fingerprint density at radius 3 is 2.59 bits per heavy atom. The molecule has 2 heterocycles. The van der Waals surface area contributed by atoms with Gasteiger partial charge in [0, 0.05) is 51.9 Å². The largest absolute Gasteiger partial charge is 0.373 e. The van der Waals surface area contributed by atoms with E-state index in [0.29, 0.717) is 6.04 Å². The molecule has 0 aromatic carbocycles. The van der Waals surface area contributed by atoms with Crippen molar-refractivity contribution in [1.29, 1.82) is 0 Å². The van der Waals surface area contributed by atoms with Crippen molar-refractivity contribution in [1.82, 2.24) is 15.1 Å². The lowest BCUT2D eigenvalue weighted by Gasteiger charge is -2.42. The van der Waals surface area contributed by atoms with Crippen LogP contribution in [0.15, 0.2) is 0 Å². The monoisotopic (exact) mass is 241 g/mol. The van der Waals surface area contributed by atoms with E-state index < -0.39 is 0 Å². The van der Waals surface area contributed by atoms with Crippen molar-refractivity contribution in [2.45, 2.75) is 32.4 Å². The zero-order chi connectivity index (χ0) is 12.3. The van der Waals surface area contributed by atoms with Gasteiger partial charge < -0.3 is 10.1 Å². The Bertz CT molecular complexity index is 239. The van der Waals surface area contributed by atoms with Crippen LogP contribution < -0.4 is 5.32 Å². The highest BCUT2D eigenvalue weighted by atomic mass is 16.5. The van der Waals surface area contributed by atoms with Crippen molar-refractivity contribution in [3.63, 3.8) is 0 Å². The SMILES string of the molecule is CC(CN1CCNCC1)N1CCOC(C)(C)C1. The van der Waals surface area contributed by atoms with Gasteiger partial charge >= 0.3 is 0 Å². The van der Waals surface area contributed by atoms with Crippen LogP contribution in [0.3, 0.4) is 0 Å². The molecule has 2 aliphatic heterocycles. The molecular weight excluding hydrogens is 214 g/mol. The molecule has 0 amide bonds. The molecule has 0 spiro atoms. The molecule has 17 heavy (non-hydrogen) atoms. The Kier molecular flexibility index (Phi) is 4.42. The Morgan fingerprint density at radius 2 is 1.94 bits per heavy atom. The highest BCUT2D eigenvalue weighted by Crippen LogP contribution is 2.18. The quantitative estimate of drug-likeness (QED) is 0.774. The van der Waals surface area contributed by atoms with E-state index in [1.807, 2.05) is 0 Å². The summed E-state index contributed by atoms with van der Waals surface area (Å²) in [5.41, 5.74) is 0.0238. The van der Waals surface area contributed by atoms with Gasteiger partial charge in [-0.3, -0.25) is 9.80 Å². The Balaban J connectivity index is 1.80. The third-order valence-corrected chi connectivity index (χ3v) is 3.81. The number of hydrogen-bond acceptors (Lipinski definition) is 4. The summed E-state index contributed by atoms with van der Waals surface area (Å²) in [6, 6.07) is 0.635. The first-order valence-electron chi connectivity index (χ1n) is 6.88. The molecule has 2 saturated heterocycles. The summed E-state index contributed by atoms with van der Waals surface area (Å²) in [6.07, 6.45) is 0. The van der Waals surface area contributed by atoms with Crippen molar-refractivity contribution < 1.29 is 4.74 Å². The van der Waals surface area contributed by atoms with E-state index in [9.17, 15) is 0 Å². The molecule has 100 valence electrons. The predicted octanol–water partition coefficient (Wildman–Crippen LogP) is 0.391. The van der Waals surface area contributed by atoms with Crippen molar-refractivity contribution in [2.24, 2.45) is 0 Å². The van der Waals surface area contributed by atoms with E-state index in [2.05, 4.69) is 35.9 Å². The second kappa shape index (κ2) is 5.65. The van der Waals surface area contributed by atoms with Crippen molar-refractivity contribution in [2.75, 3.05) is 52.4 Å². The van der Waals surface area contributed by atoms with E-state index in [0.717, 1.165) is 32.8 Å². The summed E-state index contributed by atoms with van der Waals surface area (Å²) in [5.74, 6) is 0. The van der Waals surface area contributed by atoms with E-state index >= 15 is 0 Å². The summed E-state index contributed by atoms with van der Waals surface area (Å²) in [4.78, 5) is 5.15. The maximum Gasteiger partial charge on any atom is 0.0753 e. The van der Waals surface area contributed by atoms with Gasteiger partial charge in [-0.05, 0) is 20.8 Å². The maximum atomic E-state index is 5.77. The topological polar surface area (TPSA) is 27.7 Å². The van der Waals surface area contributed by atoms with Crippen LogP contribution in [0.4, 0.5) is 0 Å². The van der Waals surface area contributed by atoms with E-state index in [1.54, 1.807) is 0 Å². The Hall–Kier alpha value is -0.160. The Labute approximate surface area is 105 Å². The molecule has 2 rings (SSSR count). The fourth-order valence-corrected chi connectivity index (χ4v) is 2.81. The first-order chi connectivity index (χ1) is 8.07. The summed E-state index contributed by atoms with van der Waals surface area (Å²) in [5, 5.41) is 3.41. The highest BCUT2D eigenvalue weighted by Gasteiger charge is 2.30. The lowest BCUT2D eigenvalue weighted by Crippen LogP contribution is -2.55. The van der Waals surface area contributed by atoms with Gasteiger partial charge in [-0.2, -0.15) is 0 Å². The Morgan fingerprint density at radius 1 is 1.24 bits per heavy atom. The fraction of sp³-hybridized carbons (Fsp3) is 1.00. The number of piperazine rings is 1. The average Bonchev–Trinajstić information content (AvgIpc) is 2.29. The van der Waals surface area contributed by atoms with E-state index in [-0.39, 0.29) is 5.60 Å². The van der Waals surface area contributed by atoms with Crippen LogP contribution in [0.5, 0.6) is 0 Å². The van der Waals surface area contributed by atoms with Crippen LogP contribution >= 0.6 is 0 Å². The molecule has 0 aromatic rings. The molecule has 1 N–H and O–H groups in total. The summed E-state index contributed by atoms with van der Waals surface area (Å²) in [6.45, 7) is 15.6. The lowest BCUT2D eigenvalue weighted by atomic mass is 10.1. The molecule has 0 aliphatic carbocycles. The third-order valence-electron chi connectivity index (χ3n) is 3.81. The molecule has 2 aliphatic rings.